The van der Waals surface area contributed by atoms with Crippen LogP contribution in [0.25, 0.3) is 0 Å². The molecule has 2 rings (SSSR count). The van der Waals surface area contributed by atoms with Gasteiger partial charge in [0, 0.05) is 33.2 Å². The number of rotatable bonds is 6. The normalized spacial score (nSPS) is 18.2. The molecule has 1 fully saturated rings. The predicted molar refractivity (Wildman–Crippen MR) is 93.2 cm³/mol. The molecule has 1 aromatic heterocycles. The monoisotopic (exact) mass is 351 g/mol. The highest BCUT2D eigenvalue weighted by molar-refractivity contribution is 5.91. The molecule has 140 valence electrons. The first-order valence-corrected chi connectivity index (χ1v) is 8.77. The van der Waals surface area contributed by atoms with Crippen molar-refractivity contribution >= 4 is 11.8 Å². The molecule has 2 amide bonds. The van der Waals surface area contributed by atoms with E-state index in [9.17, 15) is 9.59 Å². The van der Waals surface area contributed by atoms with Crippen LogP contribution in [0.4, 0.5) is 0 Å². The summed E-state index contributed by atoms with van der Waals surface area (Å²) in [7, 11) is 1.58. The quantitative estimate of drug-likeness (QED) is 0.779. The Balaban J connectivity index is 1.95. The first-order valence-electron chi connectivity index (χ1n) is 8.77. The number of carbonyl (C=O) groups is 2. The number of piperidine rings is 1. The molecular formula is C17H29N5O3. The highest BCUT2D eigenvalue weighted by Crippen LogP contribution is 2.25. The molecule has 8 heteroatoms. The number of ether oxygens (including phenoxy) is 1. The summed E-state index contributed by atoms with van der Waals surface area (Å²) in [6.45, 7) is 8.48. The van der Waals surface area contributed by atoms with Gasteiger partial charge in [0.25, 0.3) is 5.91 Å². The maximum Gasteiger partial charge on any atom is 0.273 e. The lowest BCUT2D eigenvalue weighted by atomic mass is 9.91. The second kappa shape index (κ2) is 8.42. The smallest absolute Gasteiger partial charge is 0.273 e. The number of hydrogen-bond donors (Lipinski definition) is 1. The van der Waals surface area contributed by atoms with Crippen molar-refractivity contribution in [1.29, 1.82) is 0 Å². The van der Waals surface area contributed by atoms with Crippen LogP contribution in [-0.2, 0) is 9.53 Å². The van der Waals surface area contributed by atoms with Crippen LogP contribution in [0.1, 0.15) is 56.6 Å². The summed E-state index contributed by atoms with van der Waals surface area (Å²) >= 11 is 0. The lowest BCUT2D eigenvalue weighted by Gasteiger charge is -2.34. The number of carbonyl (C=O) groups excluding carboxylic acids is 2. The Kier molecular flexibility index (Phi) is 6.52. The van der Waals surface area contributed by atoms with E-state index in [1.165, 1.54) is 0 Å². The van der Waals surface area contributed by atoms with Crippen LogP contribution in [0, 0.1) is 5.41 Å². The van der Waals surface area contributed by atoms with Crippen molar-refractivity contribution in [1.82, 2.24) is 25.2 Å². The van der Waals surface area contributed by atoms with Gasteiger partial charge in [0.1, 0.15) is 0 Å². The highest BCUT2D eigenvalue weighted by atomic mass is 16.5. The predicted octanol–water partition coefficient (Wildman–Crippen LogP) is 1.25. The lowest BCUT2D eigenvalue weighted by Crippen LogP contribution is -2.42. The van der Waals surface area contributed by atoms with Gasteiger partial charge in [-0.15, -0.1) is 5.10 Å². The molecule has 1 atom stereocenters. The first-order chi connectivity index (χ1) is 11.8. The van der Waals surface area contributed by atoms with Gasteiger partial charge in [0.2, 0.25) is 5.91 Å². The van der Waals surface area contributed by atoms with Crippen molar-refractivity contribution in [2.24, 2.45) is 5.41 Å². The Morgan fingerprint density at radius 1 is 1.40 bits per heavy atom. The third-order valence-electron chi connectivity index (χ3n) is 4.14. The zero-order valence-corrected chi connectivity index (χ0v) is 15.6. The van der Waals surface area contributed by atoms with Crippen LogP contribution in [0.15, 0.2) is 6.20 Å². The number of aromatic nitrogens is 3. The number of nitrogens with zero attached hydrogens (tertiary/aromatic N) is 4. The minimum atomic E-state index is -0.264. The van der Waals surface area contributed by atoms with Gasteiger partial charge in [0.15, 0.2) is 5.69 Å². The molecule has 0 saturated carbocycles. The number of nitrogens with one attached hydrogen (secondary N) is 1. The van der Waals surface area contributed by atoms with E-state index in [-0.39, 0.29) is 29.0 Å². The molecule has 0 aromatic carbocycles. The van der Waals surface area contributed by atoms with Gasteiger partial charge in [-0.25, -0.2) is 4.68 Å². The maximum absolute atomic E-state index is 12.5. The molecule has 0 radical (unpaired) electrons. The lowest BCUT2D eigenvalue weighted by molar-refractivity contribution is -0.134. The van der Waals surface area contributed by atoms with Crippen LogP contribution < -0.4 is 5.32 Å². The summed E-state index contributed by atoms with van der Waals surface area (Å²) in [4.78, 5) is 26.4. The summed E-state index contributed by atoms with van der Waals surface area (Å²) in [5.74, 6) is -0.0883. The van der Waals surface area contributed by atoms with Crippen molar-refractivity contribution in [2.75, 3.05) is 33.4 Å². The van der Waals surface area contributed by atoms with Crippen molar-refractivity contribution in [3.05, 3.63) is 11.9 Å². The molecule has 1 aliphatic rings. The van der Waals surface area contributed by atoms with Crippen molar-refractivity contribution in [3.8, 4) is 0 Å². The van der Waals surface area contributed by atoms with Gasteiger partial charge in [-0.1, -0.05) is 26.0 Å². The highest BCUT2D eigenvalue weighted by Gasteiger charge is 2.28. The second-order valence-electron chi connectivity index (χ2n) is 7.71. The SMILES string of the molecule is COCCNC(=O)c1cn(C2CCCN(C(=O)CC(C)(C)C)C2)nn1. The van der Waals surface area contributed by atoms with Crippen LogP contribution in [0.5, 0.6) is 0 Å². The van der Waals surface area contributed by atoms with E-state index in [1.807, 2.05) is 4.90 Å². The third-order valence-corrected chi connectivity index (χ3v) is 4.14. The molecule has 1 aromatic rings. The van der Waals surface area contributed by atoms with Gasteiger partial charge >= 0.3 is 0 Å². The van der Waals surface area contributed by atoms with Crippen LogP contribution in [0.3, 0.4) is 0 Å². The van der Waals surface area contributed by atoms with Gasteiger partial charge < -0.3 is 15.0 Å². The molecule has 1 unspecified atom stereocenters. The molecule has 25 heavy (non-hydrogen) atoms. The molecule has 0 aliphatic carbocycles. The molecule has 2 heterocycles. The Morgan fingerprint density at radius 2 is 2.16 bits per heavy atom. The van der Waals surface area contributed by atoms with E-state index >= 15 is 0 Å². The summed E-state index contributed by atoms with van der Waals surface area (Å²) in [5, 5.41) is 10.8. The number of likely N-dealkylation sites (tertiary alicyclic amines) is 1. The number of hydrogen-bond acceptors (Lipinski definition) is 5. The minimum absolute atomic E-state index is 0.0231. The molecule has 0 bridgehead atoms. The number of amides is 2. The largest absolute Gasteiger partial charge is 0.383 e. The molecule has 1 N–H and O–H groups in total. The van der Waals surface area contributed by atoms with Crippen LogP contribution in [0.2, 0.25) is 0 Å². The van der Waals surface area contributed by atoms with Crippen molar-refractivity contribution in [2.45, 2.75) is 46.1 Å². The number of methoxy groups -OCH3 is 1. The van der Waals surface area contributed by atoms with Gasteiger partial charge in [-0.3, -0.25) is 9.59 Å². The molecule has 8 nitrogen and oxygen atoms in total. The molecular weight excluding hydrogens is 322 g/mol. The van der Waals surface area contributed by atoms with Crippen molar-refractivity contribution in [3.63, 3.8) is 0 Å². The van der Waals surface area contributed by atoms with E-state index < -0.39 is 0 Å². The Morgan fingerprint density at radius 3 is 2.84 bits per heavy atom. The van der Waals surface area contributed by atoms with Gasteiger partial charge in [-0.2, -0.15) is 0 Å². The van der Waals surface area contributed by atoms with E-state index in [1.54, 1.807) is 18.0 Å². The Bertz CT molecular complexity index is 593. The van der Waals surface area contributed by atoms with Crippen LogP contribution in [-0.4, -0.2) is 65.1 Å². The van der Waals surface area contributed by atoms with E-state index in [2.05, 4.69) is 36.4 Å². The average molecular weight is 351 g/mol. The Hall–Kier alpha value is -1.96. The third kappa shape index (κ3) is 5.81. The Labute approximate surface area is 148 Å². The minimum Gasteiger partial charge on any atom is -0.383 e. The molecule has 1 aliphatic heterocycles. The summed E-state index contributed by atoms with van der Waals surface area (Å²) < 4.78 is 6.61. The fraction of sp³-hybridized carbons (Fsp3) is 0.765. The fourth-order valence-corrected chi connectivity index (χ4v) is 2.88. The molecule has 1 saturated heterocycles. The topological polar surface area (TPSA) is 89.4 Å². The second-order valence-corrected chi connectivity index (χ2v) is 7.71. The summed E-state index contributed by atoms with van der Waals surface area (Å²) in [5.41, 5.74) is 0.263. The average Bonchev–Trinajstić information content (AvgIpc) is 3.03. The molecule has 0 spiro atoms. The summed E-state index contributed by atoms with van der Waals surface area (Å²) in [6, 6.07) is 0.0608. The summed E-state index contributed by atoms with van der Waals surface area (Å²) in [6.07, 6.45) is 4.04. The van der Waals surface area contributed by atoms with Gasteiger partial charge in [0.05, 0.1) is 18.8 Å². The van der Waals surface area contributed by atoms with Crippen LogP contribution >= 0.6 is 0 Å². The zero-order chi connectivity index (χ0) is 18.4. The standard InChI is InChI=1S/C17H29N5O3/c1-17(2,3)10-15(23)21-8-5-6-13(11-21)22-12-14(19-20-22)16(24)18-7-9-25-4/h12-13H,5-11H2,1-4H3,(H,18,24). The van der Waals surface area contributed by atoms with Crippen molar-refractivity contribution < 1.29 is 14.3 Å². The van der Waals surface area contributed by atoms with E-state index in [0.29, 0.717) is 26.1 Å². The fourth-order valence-electron chi connectivity index (χ4n) is 2.88. The van der Waals surface area contributed by atoms with E-state index in [0.717, 1.165) is 19.4 Å². The first kappa shape index (κ1) is 19.4. The maximum atomic E-state index is 12.5. The zero-order valence-electron chi connectivity index (χ0n) is 15.6. The van der Waals surface area contributed by atoms with Gasteiger partial charge in [-0.05, 0) is 18.3 Å². The van der Waals surface area contributed by atoms with E-state index in [4.69, 9.17) is 4.74 Å².